The van der Waals surface area contributed by atoms with Crippen molar-refractivity contribution in [3.63, 3.8) is 0 Å². The molecule has 3 atom stereocenters. The third-order valence-electron chi connectivity index (χ3n) is 5.46. The minimum absolute atomic E-state index is 0.114. The number of hydrogen-bond acceptors (Lipinski definition) is 3. The van der Waals surface area contributed by atoms with Crippen molar-refractivity contribution in [3.8, 4) is 0 Å². The van der Waals surface area contributed by atoms with Gasteiger partial charge in [-0.15, -0.1) is 0 Å². The third-order valence-corrected chi connectivity index (χ3v) is 5.46. The van der Waals surface area contributed by atoms with Crippen LogP contribution in [0.4, 0.5) is 4.79 Å². The largest absolute Gasteiger partial charge is 0.430 e. The maximum absolute atomic E-state index is 12.6. The molecule has 0 aromatic rings. The zero-order valence-electron chi connectivity index (χ0n) is 15.4. The van der Waals surface area contributed by atoms with E-state index in [4.69, 9.17) is 4.74 Å². The highest BCUT2D eigenvalue weighted by atomic mass is 16.6. The summed E-state index contributed by atoms with van der Waals surface area (Å²) in [7, 11) is 0. The lowest BCUT2D eigenvalue weighted by Gasteiger charge is -2.37. The van der Waals surface area contributed by atoms with Crippen LogP contribution in [0.3, 0.4) is 0 Å². The first-order valence-corrected chi connectivity index (χ1v) is 9.83. The Hall–Kier alpha value is -0.770. The lowest BCUT2D eigenvalue weighted by molar-refractivity contribution is 0.0159. The third kappa shape index (κ3) is 5.98. The molecule has 1 amide bonds. The van der Waals surface area contributed by atoms with Crippen LogP contribution in [0.15, 0.2) is 0 Å². The van der Waals surface area contributed by atoms with E-state index in [0.717, 1.165) is 38.6 Å². The fraction of sp³-hybridized carbons (Fsp3) is 0.947. The molecular weight excluding hydrogens is 288 g/mol. The number of amides is 1. The van der Waals surface area contributed by atoms with Gasteiger partial charge >= 0.3 is 6.09 Å². The maximum atomic E-state index is 12.6. The number of carbonyl (C=O) groups is 1. The fourth-order valence-corrected chi connectivity index (χ4v) is 3.97. The summed E-state index contributed by atoms with van der Waals surface area (Å²) in [5.41, 5.74) is 0. The van der Waals surface area contributed by atoms with E-state index in [1.54, 1.807) is 0 Å². The molecule has 1 heterocycles. The molecule has 23 heavy (non-hydrogen) atoms. The second-order valence-corrected chi connectivity index (χ2v) is 7.69. The van der Waals surface area contributed by atoms with Crippen molar-refractivity contribution in [2.75, 3.05) is 6.54 Å². The molecule has 1 N–H and O–H groups in total. The summed E-state index contributed by atoms with van der Waals surface area (Å²) in [6.45, 7) is 7.44. The summed E-state index contributed by atoms with van der Waals surface area (Å²) in [5.74, 6) is 0.713. The molecule has 0 radical (unpaired) electrons. The van der Waals surface area contributed by atoms with Crippen LogP contribution in [0.5, 0.6) is 0 Å². The number of piperidine rings is 1. The van der Waals surface area contributed by atoms with Gasteiger partial charge in [0.25, 0.3) is 0 Å². The number of hydrogen-bond donors (Lipinski definition) is 1. The van der Waals surface area contributed by atoms with Crippen molar-refractivity contribution in [2.24, 2.45) is 5.92 Å². The lowest BCUT2D eigenvalue weighted by Crippen LogP contribution is -2.49. The SMILES string of the molecule is CCCCC(NC1CCCCC1)OC(=O)N1CCC(C)CC1C. The monoisotopic (exact) mass is 324 g/mol. The van der Waals surface area contributed by atoms with Crippen molar-refractivity contribution in [1.82, 2.24) is 10.2 Å². The minimum Gasteiger partial charge on any atom is -0.430 e. The van der Waals surface area contributed by atoms with Gasteiger partial charge in [-0.05, 0) is 51.4 Å². The van der Waals surface area contributed by atoms with Gasteiger partial charge in [-0.1, -0.05) is 39.5 Å². The van der Waals surface area contributed by atoms with Gasteiger partial charge in [-0.25, -0.2) is 4.79 Å². The van der Waals surface area contributed by atoms with Gasteiger partial charge in [-0.3, -0.25) is 5.32 Å². The summed E-state index contributed by atoms with van der Waals surface area (Å²) in [6, 6.07) is 0.824. The number of unbranched alkanes of at least 4 members (excludes halogenated alkanes) is 1. The zero-order chi connectivity index (χ0) is 16.7. The highest BCUT2D eigenvalue weighted by Crippen LogP contribution is 2.24. The topological polar surface area (TPSA) is 41.6 Å². The predicted octanol–water partition coefficient (Wildman–Crippen LogP) is 4.68. The van der Waals surface area contributed by atoms with Crippen molar-refractivity contribution in [1.29, 1.82) is 0 Å². The van der Waals surface area contributed by atoms with E-state index >= 15 is 0 Å². The molecule has 0 bridgehead atoms. The molecular formula is C19H36N2O2. The summed E-state index contributed by atoms with van der Waals surface area (Å²) < 4.78 is 5.88. The Balaban J connectivity index is 1.86. The Bertz CT molecular complexity index is 355. The second-order valence-electron chi connectivity index (χ2n) is 7.69. The van der Waals surface area contributed by atoms with Crippen molar-refractivity contribution >= 4 is 6.09 Å². The number of rotatable bonds is 6. The van der Waals surface area contributed by atoms with Crippen molar-refractivity contribution < 1.29 is 9.53 Å². The van der Waals surface area contributed by atoms with Crippen LogP contribution >= 0.6 is 0 Å². The molecule has 134 valence electrons. The van der Waals surface area contributed by atoms with E-state index in [2.05, 4.69) is 26.1 Å². The number of carbonyl (C=O) groups excluding carboxylic acids is 1. The molecule has 4 heteroatoms. The average molecular weight is 325 g/mol. The first kappa shape index (κ1) is 18.6. The van der Waals surface area contributed by atoms with Crippen LogP contribution in [-0.2, 0) is 4.74 Å². The van der Waals surface area contributed by atoms with Gasteiger partial charge < -0.3 is 9.64 Å². The average Bonchev–Trinajstić information content (AvgIpc) is 2.53. The van der Waals surface area contributed by atoms with Crippen LogP contribution < -0.4 is 5.32 Å². The van der Waals surface area contributed by atoms with E-state index in [0.29, 0.717) is 18.0 Å². The van der Waals surface area contributed by atoms with Gasteiger partial charge in [0.05, 0.1) is 0 Å². The summed E-state index contributed by atoms with van der Waals surface area (Å²) in [6.07, 6.45) is 11.5. The summed E-state index contributed by atoms with van der Waals surface area (Å²) >= 11 is 0. The highest BCUT2D eigenvalue weighted by Gasteiger charge is 2.30. The number of nitrogens with zero attached hydrogens (tertiary/aromatic N) is 1. The van der Waals surface area contributed by atoms with Gasteiger partial charge in [0.2, 0.25) is 0 Å². The van der Waals surface area contributed by atoms with Crippen molar-refractivity contribution in [2.45, 2.75) is 103 Å². The standard InChI is InChI=1S/C19H36N2O2/c1-4-5-11-18(20-17-9-7-6-8-10-17)23-19(22)21-13-12-15(2)14-16(21)3/h15-18,20H,4-14H2,1-3H3. The van der Waals surface area contributed by atoms with Gasteiger partial charge in [0.15, 0.2) is 6.23 Å². The lowest BCUT2D eigenvalue weighted by atomic mass is 9.94. The summed E-state index contributed by atoms with van der Waals surface area (Å²) in [4.78, 5) is 14.5. The normalized spacial score (nSPS) is 27.7. The van der Waals surface area contributed by atoms with Crippen LogP contribution in [0, 0.1) is 5.92 Å². The number of likely N-dealkylation sites (tertiary alicyclic amines) is 1. The molecule has 0 aromatic carbocycles. The molecule has 1 aliphatic heterocycles. The van der Waals surface area contributed by atoms with Crippen LogP contribution in [0.25, 0.3) is 0 Å². The summed E-state index contributed by atoms with van der Waals surface area (Å²) in [5, 5.41) is 3.61. The predicted molar refractivity (Wildman–Crippen MR) is 94.4 cm³/mol. The minimum atomic E-state index is -0.117. The molecule has 0 aromatic heterocycles. The van der Waals surface area contributed by atoms with Crippen LogP contribution in [-0.4, -0.2) is 35.8 Å². The molecule has 1 saturated heterocycles. The van der Waals surface area contributed by atoms with Crippen LogP contribution in [0.1, 0.15) is 85.0 Å². The van der Waals surface area contributed by atoms with Gasteiger partial charge in [-0.2, -0.15) is 0 Å². The van der Waals surface area contributed by atoms with E-state index in [1.807, 2.05) is 4.90 Å². The van der Waals surface area contributed by atoms with Gasteiger partial charge in [0.1, 0.15) is 0 Å². The number of ether oxygens (including phenoxy) is 1. The molecule has 1 aliphatic carbocycles. The number of nitrogens with one attached hydrogen (secondary N) is 1. The maximum Gasteiger partial charge on any atom is 0.411 e. The van der Waals surface area contributed by atoms with Crippen molar-refractivity contribution in [3.05, 3.63) is 0 Å². The van der Waals surface area contributed by atoms with Gasteiger partial charge in [0, 0.05) is 18.6 Å². The van der Waals surface area contributed by atoms with E-state index in [-0.39, 0.29) is 12.3 Å². The first-order chi connectivity index (χ1) is 11.1. The Morgan fingerprint density at radius 1 is 1.22 bits per heavy atom. The second kappa shape index (κ2) is 9.51. The Labute approximate surface area is 142 Å². The van der Waals surface area contributed by atoms with E-state index in [1.165, 1.54) is 32.1 Å². The smallest absolute Gasteiger partial charge is 0.411 e. The fourth-order valence-electron chi connectivity index (χ4n) is 3.97. The van der Waals surface area contributed by atoms with E-state index in [9.17, 15) is 4.79 Å². The quantitative estimate of drug-likeness (QED) is 0.721. The Morgan fingerprint density at radius 2 is 1.96 bits per heavy atom. The molecule has 0 spiro atoms. The molecule has 2 fully saturated rings. The highest BCUT2D eigenvalue weighted by molar-refractivity contribution is 5.68. The van der Waals surface area contributed by atoms with Crippen LogP contribution in [0.2, 0.25) is 0 Å². The molecule has 2 rings (SSSR count). The first-order valence-electron chi connectivity index (χ1n) is 9.83. The molecule has 4 nitrogen and oxygen atoms in total. The Kier molecular flexibility index (Phi) is 7.68. The Morgan fingerprint density at radius 3 is 2.61 bits per heavy atom. The molecule has 1 saturated carbocycles. The molecule has 2 aliphatic rings. The van der Waals surface area contributed by atoms with E-state index < -0.39 is 0 Å². The zero-order valence-corrected chi connectivity index (χ0v) is 15.4. The molecule has 3 unspecified atom stereocenters.